The van der Waals surface area contributed by atoms with Gasteiger partial charge in [0.2, 0.25) is 0 Å². The molecule has 0 saturated heterocycles. The summed E-state index contributed by atoms with van der Waals surface area (Å²) in [5.41, 5.74) is 1.66. The number of aliphatic imine (C=N–C) groups is 1. The van der Waals surface area contributed by atoms with Crippen LogP contribution in [0.1, 0.15) is 30.8 Å². The molecule has 0 amide bonds. The van der Waals surface area contributed by atoms with Gasteiger partial charge in [-0.2, -0.15) is 0 Å². The summed E-state index contributed by atoms with van der Waals surface area (Å²) in [6, 6.07) is 5.11. The standard InChI is InChI=1S/C18H26FN5.HI/c1-13(2)12-24-8-7-21-17(24)11-23-18(20-4)22-10-15-5-6-16(19)14(3)9-15;/h5-9,13H,10-12H2,1-4H3,(H2,20,22,23);1H. The monoisotopic (exact) mass is 459 g/mol. The van der Waals surface area contributed by atoms with Gasteiger partial charge in [-0.3, -0.25) is 4.99 Å². The van der Waals surface area contributed by atoms with E-state index in [4.69, 9.17) is 0 Å². The van der Waals surface area contributed by atoms with E-state index in [0.29, 0.717) is 30.5 Å². The maximum Gasteiger partial charge on any atom is 0.191 e. The van der Waals surface area contributed by atoms with Crippen molar-refractivity contribution in [3.05, 3.63) is 53.4 Å². The molecule has 2 rings (SSSR count). The van der Waals surface area contributed by atoms with Gasteiger partial charge < -0.3 is 15.2 Å². The van der Waals surface area contributed by atoms with Crippen LogP contribution in [0.15, 0.2) is 35.6 Å². The Labute approximate surface area is 166 Å². The minimum atomic E-state index is -0.182. The minimum absolute atomic E-state index is 0. The number of aromatic nitrogens is 2. The second-order valence-corrected chi connectivity index (χ2v) is 6.25. The summed E-state index contributed by atoms with van der Waals surface area (Å²) in [5.74, 6) is 2.05. The highest BCUT2D eigenvalue weighted by Gasteiger charge is 2.06. The van der Waals surface area contributed by atoms with E-state index in [2.05, 4.69) is 39.0 Å². The highest BCUT2D eigenvalue weighted by molar-refractivity contribution is 14.0. The van der Waals surface area contributed by atoms with Crippen LogP contribution in [0.5, 0.6) is 0 Å². The van der Waals surface area contributed by atoms with E-state index >= 15 is 0 Å². The van der Waals surface area contributed by atoms with Crippen molar-refractivity contribution in [1.29, 1.82) is 0 Å². The zero-order valence-corrected chi connectivity index (χ0v) is 17.5. The molecule has 0 aliphatic carbocycles. The summed E-state index contributed by atoms with van der Waals surface area (Å²) in [5, 5.41) is 6.50. The van der Waals surface area contributed by atoms with Crippen LogP contribution >= 0.6 is 24.0 Å². The predicted octanol–water partition coefficient (Wildman–Crippen LogP) is 3.47. The number of aryl methyl sites for hydroxylation is 1. The highest BCUT2D eigenvalue weighted by atomic mass is 127. The van der Waals surface area contributed by atoms with Crippen LogP contribution < -0.4 is 10.6 Å². The van der Waals surface area contributed by atoms with Crippen LogP contribution in [-0.4, -0.2) is 22.6 Å². The van der Waals surface area contributed by atoms with Gasteiger partial charge >= 0.3 is 0 Å². The number of halogens is 2. The van der Waals surface area contributed by atoms with Gasteiger partial charge in [-0.25, -0.2) is 9.37 Å². The Balaban J connectivity index is 0.00000312. The molecule has 25 heavy (non-hydrogen) atoms. The second-order valence-electron chi connectivity index (χ2n) is 6.25. The molecule has 0 radical (unpaired) electrons. The van der Waals surface area contributed by atoms with Crippen LogP contribution in [0.3, 0.4) is 0 Å². The summed E-state index contributed by atoms with van der Waals surface area (Å²) in [7, 11) is 1.73. The average Bonchev–Trinajstić information content (AvgIpc) is 2.97. The fraction of sp³-hybridized carbons (Fsp3) is 0.444. The van der Waals surface area contributed by atoms with Gasteiger partial charge in [-0.15, -0.1) is 24.0 Å². The number of nitrogens with one attached hydrogen (secondary N) is 2. The van der Waals surface area contributed by atoms with E-state index in [0.717, 1.165) is 17.9 Å². The molecule has 0 unspecified atom stereocenters. The van der Waals surface area contributed by atoms with Gasteiger partial charge in [0.25, 0.3) is 0 Å². The molecule has 0 aliphatic heterocycles. The Morgan fingerprint density at radius 2 is 2.00 bits per heavy atom. The maximum atomic E-state index is 13.3. The number of guanidine groups is 1. The molecule has 0 aliphatic rings. The summed E-state index contributed by atoms with van der Waals surface area (Å²) >= 11 is 0. The van der Waals surface area contributed by atoms with E-state index in [1.54, 1.807) is 20.0 Å². The molecule has 1 heterocycles. The Bertz CT molecular complexity index is 697. The van der Waals surface area contributed by atoms with Gasteiger partial charge in [-0.1, -0.05) is 26.0 Å². The number of rotatable bonds is 6. The molecule has 5 nitrogen and oxygen atoms in total. The summed E-state index contributed by atoms with van der Waals surface area (Å²) in [4.78, 5) is 8.61. The number of hydrogen-bond donors (Lipinski definition) is 2. The van der Waals surface area contributed by atoms with E-state index in [1.165, 1.54) is 6.07 Å². The van der Waals surface area contributed by atoms with Gasteiger partial charge in [-0.05, 0) is 30.0 Å². The van der Waals surface area contributed by atoms with Crippen LogP contribution in [0.25, 0.3) is 0 Å². The van der Waals surface area contributed by atoms with Crippen molar-refractivity contribution in [2.24, 2.45) is 10.9 Å². The molecule has 7 heteroatoms. The Hall–Kier alpha value is -1.64. The van der Waals surface area contributed by atoms with Crippen LogP contribution in [0.4, 0.5) is 4.39 Å². The second kappa shape index (κ2) is 10.4. The SMILES string of the molecule is CN=C(NCc1ccc(F)c(C)c1)NCc1nccn1CC(C)C.I. The molecule has 0 saturated carbocycles. The topological polar surface area (TPSA) is 54.2 Å². The van der Waals surface area contributed by atoms with Crippen LogP contribution in [0, 0.1) is 18.7 Å². The lowest BCUT2D eigenvalue weighted by Gasteiger charge is -2.14. The van der Waals surface area contributed by atoms with Gasteiger partial charge in [0.05, 0.1) is 6.54 Å². The fourth-order valence-corrected chi connectivity index (χ4v) is 2.45. The molecule has 1 aromatic heterocycles. The Kier molecular flexibility index (Phi) is 8.88. The molecule has 0 atom stereocenters. The highest BCUT2D eigenvalue weighted by Crippen LogP contribution is 2.09. The van der Waals surface area contributed by atoms with E-state index in [9.17, 15) is 4.39 Å². The lowest BCUT2D eigenvalue weighted by atomic mass is 10.1. The summed E-state index contributed by atoms with van der Waals surface area (Å²) in [6.45, 7) is 8.26. The Morgan fingerprint density at radius 3 is 2.64 bits per heavy atom. The van der Waals surface area contributed by atoms with Gasteiger partial charge in [0, 0.05) is 32.5 Å². The third-order valence-corrected chi connectivity index (χ3v) is 3.68. The Morgan fingerprint density at radius 1 is 1.28 bits per heavy atom. The van der Waals surface area contributed by atoms with Crippen LogP contribution in [-0.2, 0) is 19.6 Å². The first-order valence-corrected chi connectivity index (χ1v) is 8.19. The maximum absolute atomic E-state index is 13.3. The van der Waals surface area contributed by atoms with E-state index in [1.807, 2.05) is 18.5 Å². The van der Waals surface area contributed by atoms with Crippen molar-refractivity contribution in [3.8, 4) is 0 Å². The molecule has 1 aromatic carbocycles. The van der Waals surface area contributed by atoms with Crippen molar-refractivity contribution in [3.63, 3.8) is 0 Å². The number of nitrogens with zero attached hydrogens (tertiary/aromatic N) is 3. The van der Waals surface area contributed by atoms with E-state index < -0.39 is 0 Å². The van der Waals surface area contributed by atoms with Crippen molar-refractivity contribution in [1.82, 2.24) is 20.2 Å². The van der Waals surface area contributed by atoms with Gasteiger partial charge in [0.1, 0.15) is 11.6 Å². The third-order valence-electron chi connectivity index (χ3n) is 3.68. The zero-order chi connectivity index (χ0) is 17.5. The number of benzene rings is 1. The first kappa shape index (κ1) is 21.4. The normalized spacial score (nSPS) is 11.4. The molecule has 0 spiro atoms. The summed E-state index contributed by atoms with van der Waals surface area (Å²) in [6.07, 6.45) is 3.81. The third kappa shape index (κ3) is 6.64. The molecular weight excluding hydrogens is 432 g/mol. The quantitative estimate of drug-likeness (QED) is 0.395. The van der Waals surface area contributed by atoms with Crippen molar-refractivity contribution < 1.29 is 4.39 Å². The first-order valence-electron chi connectivity index (χ1n) is 8.19. The van der Waals surface area contributed by atoms with Crippen LogP contribution in [0.2, 0.25) is 0 Å². The van der Waals surface area contributed by atoms with Gasteiger partial charge in [0.15, 0.2) is 5.96 Å². The zero-order valence-electron chi connectivity index (χ0n) is 15.2. The molecular formula is C18H27FIN5. The fourth-order valence-electron chi connectivity index (χ4n) is 2.45. The number of imidazole rings is 1. The molecule has 0 bridgehead atoms. The average molecular weight is 459 g/mol. The largest absolute Gasteiger partial charge is 0.352 e. The number of hydrogen-bond acceptors (Lipinski definition) is 2. The summed E-state index contributed by atoms with van der Waals surface area (Å²) < 4.78 is 15.5. The van der Waals surface area contributed by atoms with Crippen molar-refractivity contribution >= 4 is 29.9 Å². The lowest BCUT2D eigenvalue weighted by molar-refractivity contribution is 0.503. The predicted molar refractivity (Wildman–Crippen MR) is 111 cm³/mol. The first-order chi connectivity index (χ1) is 11.5. The van der Waals surface area contributed by atoms with E-state index in [-0.39, 0.29) is 29.8 Å². The molecule has 2 N–H and O–H groups in total. The molecule has 2 aromatic rings. The lowest BCUT2D eigenvalue weighted by Crippen LogP contribution is -2.37. The van der Waals surface area contributed by atoms with Crippen molar-refractivity contribution in [2.45, 2.75) is 40.4 Å². The molecule has 0 fully saturated rings. The smallest absolute Gasteiger partial charge is 0.191 e. The molecule has 138 valence electrons. The minimum Gasteiger partial charge on any atom is -0.352 e. The van der Waals surface area contributed by atoms with Crippen molar-refractivity contribution in [2.75, 3.05) is 7.05 Å².